The van der Waals surface area contributed by atoms with Crippen molar-refractivity contribution in [3.05, 3.63) is 0 Å². The van der Waals surface area contributed by atoms with E-state index >= 15 is 0 Å². The van der Waals surface area contributed by atoms with Crippen molar-refractivity contribution in [2.45, 2.75) is 13.0 Å². The van der Waals surface area contributed by atoms with Gasteiger partial charge in [0.15, 0.2) is 0 Å². The molecule has 1 atom stereocenters. The Kier molecular flexibility index (Phi) is 9.42. The Labute approximate surface area is 59.0 Å². The van der Waals surface area contributed by atoms with E-state index in [2.05, 4.69) is 4.74 Å². The Morgan fingerprint density at radius 1 is 1.88 bits per heavy atom. The van der Waals surface area contributed by atoms with Crippen LogP contribution in [0.15, 0.2) is 0 Å². The molecule has 0 spiro atoms. The van der Waals surface area contributed by atoms with Crippen LogP contribution in [0, 0.1) is 0 Å². The molecular weight excluding hydrogens is 158 g/mol. The number of carbonyl (C=O) groups excluding carboxylic acids is 1. The predicted octanol–water partition coefficient (Wildman–Crippen LogP) is -0.496. The van der Waals surface area contributed by atoms with Gasteiger partial charge in [0.25, 0.3) is 6.47 Å². The van der Waals surface area contributed by atoms with Crippen LogP contribution in [0.5, 0.6) is 0 Å². The monoisotopic (exact) mass is 166 g/mol. The molecule has 53 valence electrons. The number of carbonyl (C=O) groups is 1. The molecule has 0 saturated carbocycles. The molecule has 8 heavy (non-hydrogen) atoms. The van der Waals surface area contributed by atoms with Gasteiger partial charge in [0, 0.05) is 23.6 Å². The zero-order chi connectivity index (χ0) is 5.70. The molecular formula is C4H9CuNO2. The van der Waals surface area contributed by atoms with Crippen LogP contribution in [0.3, 0.4) is 0 Å². The second-order valence-electron chi connectivity index (χ2n) is 1.28. The summed E-state index contributed by atoms with van der Waals surface area (Å²) >= 11 is 0. The van der Waals surface area contributed by atoms with Gasteiger partial charge in [-0.1, -0.05) is 0 Å². The summed E-state index contributed by atoms with van der Waals surface area (Å²) in [6.07, 6.45) is -0.141. The first kappa shape index (κ1) is 10.8. The van der Waals surface area contributed by atoms with Crippen LogP contribution < -0.4 is 5.73 Å². The summed E-state index contributed by atoms with van der Waals surface area (Å²) in [7, 11) is 0. The van der Waals surface area contributed by atoms with Crippen molar-refractivity contribution in [1.29, 1.82) is 0 Å². The second-order valence-corrected chi connectivity index (χ2v) is 1.28. The van der Waals surface area contributed by atoms with E-state index in [1.807, 2.05) is 0 Å². The molecule has 0 aliphatic heterocycles. The molecule has 0 heterocycles. The quantitative estimate of drug-likeness (QED) is 0.455. The van der Waals surface area contributed by atoms with Crippen molar-refractivity contribution < 1.29 is 26.6 Å². The van der Waals surface area contributed by atoms with Crippen molar-refractivity contribution in [1.82, 2.24) is 0 Å². The summed E-state index contributed by atoms with van der Waals surface area (Å²) in [6, 6.07) is 0. The van der Waals surface area contributed by atoms with Gasteiger partial charge in [0.1, 0.15) is 6.10 Å². The zero-order valence-corrected chi connectivity index (χ0v) is 5.50. The summed E-state index contributed by atoms with van der Waals surface area (Å²) in [6.45, 7) is 2.52. The topological polar surface area (TPSA) is 52.3 Å². The smallest absolute Gasteiger partial charge is 0.293 e. The van der Waals surface area contributed by atoms with Gasteiger partial charge in [-0.05, 0) is 6.92 Å². The van der Waals surface area contributed by atoms with Crippen LogP contribution in [-0.2, 0) is 26.6 Å². The number of nitrogens with two attached hydrogens (primary N) is 1. The Morgan fingerprint density at radius 3 is 2.50 bits per heavy atom. The minimum Gasteiger partial charge on any atom is -0.464 e. The first-order chi connectivity index (χ1) is 3.31. The molecule has 0 amide bonds. The number of hydrogen-bond acceptors (Lipinski definition) is 3. The zero-order valence-electron chi connectivity index (χ0n) is 4.56. The molecule has 0 rings (SSSR count). The third kappa shape index (κ3) is 5.95. The molecule has 0 aromatic carbocycles. The number of ether oxygens (including phenoxy) is 1. The van der Waals surface area contributed by atoms with E-state index in [0.29, 0.717) is 13.0 Å². The Bertz CT molecular complexity index is 60.0. The van der Waals surface area contributed by atoms with Gasteiger partial charge in [-0.25, -0.2) is 0 Å². The number of rotatable bonds is 3. The third-order valence-electron chi connectivity index (χ3n) is 0.620. The maximum atomic E-state index is 9.50. The molecule has 2 N–H and O–H groups in total. The standard InChI is InChI=1S/C4H9NO2.Cu/c1-4(2-5)7-3-6;/h3-4H,2,5H2,1H3;. The minimum atomic E-state index is -0.141. The fourth-order valence-electron chi connectivity index (χ4n) is 0.150. The van der Waals surface area contributed by atoms with Crippen molar-refractivity contribution in [2.24, 2.45) is 5.73 Å². The Morgan fingerprint density at radius 2 is 2.38 bits per heavy atom. The fourth-order valence-corrected chi connectivity index (χ4v) is 0.150. The molecule has 4 heteroatoms. The third-order valence-corrected chi connectivity index (χ3v) is 0.620. The van der Waals surface area contributed by atoms with Gasteiger partial charge in [-0.3, -0.25) is 4.79 Å². The van der Waals surface area contributed by atoms with Gasteiger partial charge in [0.05, 0.1) is 0 Å². The first-order valence-electron chi connectivity index (χ1n) is 2.10. The maximum absolute atomic E-state index is 9.50. The summed E-state index contributed by atoms with van der Waals surface area (Å²) in [4.78, 5) is 9.50. The van der Waals surface area contributed by atoms with E-state index in [9.17, 15) is 4.79 Å². The van der Waals surface area contributed by atoms with Gasteiger partial charge in [0.2, 0.25) is 0 Å². The Balaban J connectivity index is 0. The van der Waals surface area contributed by atoms with E-state index in [-0.39, 0.29) is 23.2 Å². The van der Waals surface area contributed by atoms with Crippen molar-refractivity contribution in [2.75, 3.05) is 6.54 Å². The average Bonchev–Trinajstić information content (AvgIpc) is 1.68. The molecule has 3 nitrogen and oxygen atoms in total. The molecule has 0 saturated heterocycles. The van der Waals surface area contributed by atoms with E-state index in [4.69, 9.17) is 5.73 Å². The molecule has 0 aliphatic rings. The van der Waals surface area contributed by atoms with E-state index in [0.717, 1.165) is 0 Å². The van der Waals surface area contributed by atoms with Crippen molar-refractivity contribution >= 4 is 6.47 Å². The first-order valence-corrected chi connectivity index (χ1v) is 2.10. The Hall–Kier alpha value is -0.0505. The predicted molar refractivity (Wildman–Crippen MR) is 25.7 cm³/mol. The van der Waals surface area contributed by atoms with E-state index in [1.165, 1.54) is 0 Å². The second kappa shape index (κ2) is 6.95. The average molecular weight is 167 g/mol. The summed E-state index contributed by atoms with van der Waals surface area (Å²) in [5.41, 5.74) is 5.07. The fraction of sp³-hybridized carbons (Fsp3) is 0.750. The molecule has 0 aromatic heterocycles. The normalized spacial score (nSPS) is 11.2. The van der Waals surface area contributed by atoms with Crippen LogP contribution >= 0.6 is 0 Å². The van der Waals surface area contributed by atoms with Gasteiger partial charge in [-0.2, -0.15) is 0 Å². The summed E-state index contributed by atoms with van der Waals surface area (Å²) in [5.74, 6) is 0. The van der Waals surface area contributed by atoms with Crippen molar-refractivity contribution in [3.8, 4) is 0 Å². The number of hydrogen-bond donors (Lipinski definition) is 1. The summed E-state index contributed by atoms with van der Waals surface area (Å²) < 4.78 is 4.39. The van der Waals surface area contributed by atoms with Crippen LogP contribution in [0.4, 0.5) is 0 Å². The molecule has 0 bridgehead atoms. The van der Waals surface area contributed by atoms with Crippen LogP contribution in [-0.4, -0.2) is 19.1 Å². The van der Waals surface area contributed by atoms with E-state index < -0.39 is 0 Å². The maximum Gasteiger partial charge on any atom is 0.293 e. The molecule has 0 fully saturated rings. The largest absolute Gasteiger partial charge is 0.464 e. The van der Waals surface area contributed by atoms with Gasteiger partial charge >= 0.3 is 0 Å². The van der Waals surface area contributed by atoms with Gasteiger partial charge in [-0.15, -0.1) is 0 Å². The molecule has 1 radical (unpaired) electrons. The SMILES string of the molecule is CC(CN)OC=O.[Cu]. The van der Waals surface area contributed by atoms with Crippen molar-refractivity contribution in [3.63, 3.8) is 0 Å². The molecule has 1 unspecified atom stereocenters. The van der Waals surface area contributed by atoms with Gasteiger partial charge < -0.3 is 10.5 Å². The minimum absolute atomic E-state index is 0. The summed E-state index contributed by atoms with van der Waals surface area (Å²) in [5, 5.41) is 0. The molecule has 0 aromatic rings. The molecule has 0 aliphatic carbocycles. The van der Waals surface area contributed by atoms with E-state index in [1.54, 1.807) is 6.92 Å². The van der Waals surface area contributed by atoms with Crippen LogP contribution in [0.2, 0.25) is 0 Å². The van der Waals surface area contributed by atoms with Crippen LogP contribution in [0.25, 0.3) is 0 Å². The van der Waals surface area contributed by atoms with Crippen LogP contribution in [0.1, 0.15) is 6.92 Å².